The third-order valence-electron chi connectivity index (χ3n) is 3.81. The van der Waals surface area contributed by atoms with Gasteiger partial charge in [-0.25, -0.2) is 8.42 Å². The first-order chi connectivity index (χ1) is 8.51. The molecule has 1 aliphatic rings. The molecule has 1 fully saturated rings. The van der Waals surface area contributed by atoms with Crippen LogP contribution in [-0.2, 0) is 10.0 Å². The monoisotopic (exact) mass is 268 g/mol. The summed E-state index contributed by atoms with van der Waals surface area (Å²) in [4.78, 5) is 4.17. The number of pyridine rings is 1. The van der Waals surface area contributed by atoms with Crippen LogP contribution in [0.3, 0.4) is 0 Å². The fourth-order valence-corrected chi connectivity index (χ4v) is 3.85. The van der Waals surface area contributed by atoms with Crippen LogP contribution < -0.4 is 0 Å². The van der Waals surface area contributed by atoms with Crippen LogP contribution in [0.5, 0.6) is 0 Å². The fraction of sp³-hybridized carbons (Fsp3) is 0.615. The molecule has 1 heterocycles. The third-order valence-corrected chi connectivity index (χ3v) is 5.70. The number of nitrogens with zero attached hydrogens (tertiary/aromatic N) is 2. The molecule has 1 saturated carbocycles. The van der Waals surface area contributed by atoms with E-state index in [2.05, 4.69) is 11.9 Å². The van der Waals surface area contributed by atoms with Crippen molar-refractivity contribution in [2.45, 2.75) is 43.5 Å². The van der Waals surface area contributed by atoms with E-state index in [1.54, 1.807) is 25.4 Å². The molecular formula is C13H20N2O2S. The van der Waals surface area contributed by atoms with Crippen LogP contribution in [0, 0.1) is 5.92 Å². The highest BCUT2D eigenvalue weighted by Gasteiger charge is 2.30. The Morgan fingerprint density at radius 1 is 1.28 bits per heavy atom. The summed E-state index contributed by atoms with van der Waals surface area (Å²) >= 11 is 0. The minimum atomic E-state index is -3.39. The summed E-state index contributed by atoms with van der Waals surface area (Å²) in [5.41, 5.74) is 0. The Morgan fingerprint density at radius 2 is 1.94 bits per heavy atom. The summed E-state index contributed by atoms with van der Waals surface area (Å²) in [5.74, 6) is 0.718. The number of aromatic nitrogens is 1. The van der Waals surface area contributed by atoms with Gasteiger partial charge in [0, 0.05) is 25.5 Å². The summed E-state index contributed by atoms with van der Waals surface area (Å²) in [6, 6.07) is 3.39. The predicted octanol–water partition coefficient (Wildman–Crippen LogP) is 2.28. The number of rotatable bonds is 3. The van der Waals surface area contributed by atoms with Crippen molar-refractivity contribution in [2.75, 3.05) is 7.05 Å². The van der Waals surface area contributed by atoms with Crippen molar-refractivity contribution >= 4 is 10.0 Å². The molecule has 100 valence electrons. The lowest BCUT2D eigenvalue weighted by Crippen LogP contribution is -2.39. The van der Waals surface area contributed by atoms with E-state index in [-0.39, 0.29) is 10.9 Å². The first-order valence-electron chi connectivity index (χ1n) is 6.40. The molecule has 2 rings (SSSR count). The first kappa shape index (κ1) is 13.5. The van der Waals surface area contributed by atoms with Crippen LogP contribution >= 0.6 is 0 Å². The largest absolute Gasteiger partial charge is 0.263 e. The number of hydrogen-bond donors (Lipinski definition) is 0. The molecule has 0 amide bonds. The van der Waals surface area contributed by atoms with Gasteiger partial charge in [0.25, 0.3) is 0 Å². The minimum absolute atomic E-state index is 0.131. The molecule has 0 atom stereocenters. The summed E-state index contributed by atoms with van der Waals surface area (Å²) in [7, 11) is -1.70. The zero-order valence-electron chi connectivity index (χ0n) is 10.9. The van der Waals surface area contributed by atoms with Crippen LogP contribution in [-0.4, -0.2) is 30.8 Å². The molecule has 18 heavy (non-hydrogen) atoms. The lowest BCUT2D eigenvalue weighted by Gasteiger charge is -2.32. The van der Waals surface area contributed by atoms with Gasteiger partial charge in [0.2, 0.25) is 10.0 Å². The van der Waals surface area contributed by atoms with Gasteiger partial charge in [0.05, 0.1) is 0 Å². The molecular weight excluding hydrogens is 248 g/mol. The smallest absolute Gasteiger partial charge is 0.244 e. The fourth-order valence-electron chi connectivity index (χ4n) is 2.47. The molecule has 0 aliphatic heterocycles. The van der Waals surface area contributed by atoms with E-state index in [4.69, 9.17) is 0 Å². The van der Waals surface area contributed by atoms with Crippen LogP contribution in [0.15, 0.2) is 29.4 Å². The molecule has 0 unspecified atom stereocenters. The highest BCUT2D eigenvalue weighted by atomic mass is 32.2. The van der Waals surface area contributed by atoms with Crippen molar-refractivity contribution in [3.8, 4) is 0 Å². The average molecular weight is 268 g/mol. The van der Waals surface area contributed by atoms with Gasteiger partial charge in [-0.05, 0) is 43.7 Å². The maximum Gasteiger partial charge on any atom is 0.244 e. The highest BCUT2D eigenvalue weighted by Crippen LogP contribution is 2.29. The normalized spacial score (nSPS) is 25.3. The second-order valence-electron chi connectivity index (χ2n) is 5.12. The van der Waals surface area contributed by atoms with E-state index in [0.717, 1.165) is 31.6 Å². The predicted molar refractivity (Wildman–Crippen MR) is 70.6 cm³/mol. The Kier molecular flexibility index (Phi) is 4.02. The Bertz CT molecular complexity index is 479. The number of hydrogen-bond acceptors (Lipinski definition) is 3. The molecule has 0 aromatic carbocycles. The van der Waals surface area contributed by atoms with Crippen molar-refractivity contribution in [1.29, 1.82) is 0 Å². The molecule has 1 aromatic rings. The van der Waals surface area contributed by atoms with Crippen LogP contribution in [0.25, 0.3) is 0 Å². The van der Waals surface area contributed by atoms with Crippen LogP contribution in [0.1, 0.15) is 32.6 Å². The zero-order valence-corrected chi connectivity index (χ0v) is 11.7. The van der Waals surface area contributed by atoms with Gasteiger partial charge < -0.3 is 0 Å². The summed E-state index contributed by atoms with van der Waals surface area (Å²) in [6.07, 6.45) is 7.13. The average Bonchev–Trinajstić information content (AvgIpc) is 2.40. The Hall–Kier alpha value is -0.940. The number of sulfonamides is 1. The van der Waals surface area contributed by atoms with Crippen molar-refractivity contribution in [1.82, 2.24) is 9.29 Å². The van der Waals surface area contributed by atoms with Gasteiger partial charge in [-0.1, -0.05) is 6.92 Å². The van der Waals surface area contributed by atoms with Crippen molar-refractivity contribution < 1.29 is 8.42 Å². The maximum absolute atomic E-state index is 12.4. The topological polar surface area (TPSA) is 50.3 Å². The molecule has 0 saturated heterocycles. The van der Waals surface area contributed by atoms with E-state index in [0.29, 0.717) is 0 Å². The molecule has 0 spiro atoms. The molecule has 0 N–H and O–H groups in total. The summed E-state index contributed by atoms with van der Waals surface area (Å²) in [5, 5.41) is 0. The Labute approximate surface area is 109 Å². The van der Waals surface area contributed by atoms with Crippen molar-refractivity contribution in [2.24, 2.45) is 5.92 Å². The molecule has 1 aliphatic carbocycles. The first-order valence-corrected chi connectivity index (χ1v) is 7.84. The Balaban J connectivity index is 2.15. The van der Waals surface area contributed by atoms with E-state index in [9.17, 15) is 8.42 Å². The van der Waals surface area contributed by atoms with Gasteiger partial charge in [-0.3, -0.25) is 4.98 Å². The summed E-state index contributed by atoms with van der Waals surface area (Å²) < 4.78 is 26.3. The van der Waals surface area contributed by atoms with Crippen LogP contribution in [0.4, 0.5) is 0 Å². The Morgan fingerprint density at radius 3 is 2.50 bits per heavy atom. The third kappa shape index (κ3) is 2.72. The lowest BCUT2D eigenvalue weighted by atomic mass is 9.87. The van der Waals surface area contributed by atoms with Gasteiger partial charge in [-0.2, -0.15) is 4.31 Å². The molecule has 1 aromatic heterocycles. The summed E-state index contributed by atoms with van der Waals surface area (Å²) in [6.45, 7) is 2.23. The zero-order chi connectivity index (χ0) is 13.2. The van der Waals surface area contributed by atoms with E-state index >= 15 is 0 Å². The van der Waals surface area contributed by atoms with Gasteiger partial charge in [0.15, 0.2) is 0 Å². The lowest BCUT2D eigenvalue weighted by molar-refractivity contribution is 0.246. The molecule has 4 nitrogen and oxygen atoms in total. The molecule has 0 bridgehead atoms. The van der Waals surface area contributed by atoms with Crippen molar-refractivity contribution in [3.63, 3.8) is 0 Å². The van der Waals surface area contributed by atoms with Gasteiger partial charge in [-0.15, -0.1) is 0 Å². The van der Waals surface area contributed by atoms with Gasteiger partial charge >= 0.3 is 0 Å². The quantitative estimate of drug-likeness (QED) is 0.845. The standard InChI is InChI=1S/C13H20N2O2S/c1-11-5-7-12(8-6-11)15(2)18(16,17)13-4-3-9-14-10-13/h3-4,9-12H,5-8H2,1-2H3. The maximum atomic E-state index is 12.4. The molecule has 0 radical (unpaired) electrons. The second kappa shape index (κ2) is 5.36. The second-order valence-corrected chi connectivity index (χ2v) is 7.12. The van der Waals surface area contributed by atoms with Crippen molar-refractivity contribution in [3.05, 3.63) is 24.5 Å². The van der Waals surface area contributed by atoms with Crippen LogP contribution in [0.2, 0.25) is 0 Å². The van der Waals surface area contributed by atoms with E-state index in [1.165, 1.54) is 10.5 Å². The SMILES string of the molecule is CC1CCC(N(C)S(=O)(=O)c2cccnc2)CC1. The minimum Gasteiger partial charge on any atom is -0.263 e. The highest BCUT2D eigenvalue weighted by molar-refractivity contribution is 7.89. The molecule has 5 heteroatoms. The van der Waals surface area contributed by atoms with E-state index < -0.39 is 10.0 Å². The van der Waals surface area contributed by atoms with E-state index in [1.807, 2.05) is 0 Å². The van der Waals surface area contributed by atoms with Gasteiger partial charge in [0.1, 0.15) is 4.90 Å².